The van der Waals surface area contributed by atoms with E-state index in [1.54, 1.807) is 30.2 Å². The van der Waals surface area contributed by atoms with E-state index in [9.17, 15) is 19.5 Å². The van der Waals surface area contributed by atoms with Crippen LogP contribution in [0.4, 0.5) is 0 Å². The number of thioether (sulfide) groups is 1. The summed E-state index contributed by atoms with van der Waals surface area (Å²) in [4.78, 5) is 39.9. The molecule has 0 unspecified atom stereocenters. The van der Waals surface area contributed by atoms with Gasteiger partial charge < -0.3 is 14.4 Å². The van der Waals surface area contributed by atoms with Crippen LogP contribution in [0.2, 0.25) is 0 Å². The third-order valence-electron chi connectivity index (χ3n) is 7.92. The molecule has 0 spiro atoms. The number of aromatic nitrogens is 1. The quantitative estimate of drug-likeness (QED) is 0.506. The average Bonchev–Trinajstić information content (AvgIpc) is 3.50. The van der Waals surface area contributed by atoms with Gasteiger partial charge >= 0.3 is 5.97 Å². The van der Waals surface area contributed by atoms with Gasteiger partial charge in [-0.3, -0.25) is 19.3 Å². The number of carboxylic acid groups (broad SMARTS) is 1. The Morgan fingerprint density at radius 3 is 2.48 bits per heavy atom. The molecule has 7 atom stereocenters. The van der Waals surface area contributed by atoms with Gasteiger partial charge in [0.05, 0.1) is 24.0 Å². The molecule has 4 aliphatic rings. The molecule has 3 heterocycles. The van der Waals surface area contributed by atoms with Crippen molar-refractivity contribution in [2.24, 2.45) is 36.6 Å². The largest absolute Gasteiger partial charge is 0.497 e. The molecule has 2 aliphatic heterocycles. The predicted molar refractivity (Wildman–Crippen MR) is 125 cm³/mol. The van der Waals surface area contributed by atoms with E-state index in [1.165, 1.54) is 4.88 Å². The normalized spacial score (nSPS) is 33.8. The van der Waals surface area contributed by atoms with Crippen LogP contribution in [-0.4, -0.2) is 51.3 Å². The Bertz CT molecular complexity index is 1250. The molecule has 1 aromatic carbocycles. The van der Waals surface area contributed by atoms with E-state index in [1.807, 2.05) is 19.2 Å². The number of likely N-dealkylation sites (tertiary alicyclic amines) is 1. The second kappa shape index (κ2) is 7.41. The van der Waals surface area contributed by atoms with Crippen molar-refractivity contribution < 1.29 is 24.2 Å². The molecule has 2 saturated carbocycles. The van der Waals surface area contributed by atoms with Crippen LogP contribution in [0.5, 0.6) is 5.75 Å². The van der Waals surface area contributed by atoms with Crippen LogP contribution in [0, 0.1) is 33.5 Å². The molecule has 0 radical (unpaired) electrons. The minimum Gasteiger partial charge on any atom is -0.497 e. The highest BCUT2D eigenvalue weighted by molar-refractivity contribution is 8.00. The zero-order chi connectivity index (χ0) is 23.2. The summed E-state index contributed by atoms with van der Waals surface area (Å²) >= 11 is 9.04. The number of fused-ring (bicyclic) bond motifs is 9. The molecule has 7 nitrogen and oxygen atoms in total. The summed E-state index contributed by atoms with van der Waals surface area (Å²) in [6.07, 6.45) is 0.835. The maximum atomic E-state index is 13.2. The fraction of sp³-hybridized carbons (Fsp3) is 0.478. The SMILES string of the molecule is COc1ccc([C@@H]2c3sc(=S)n(C)c3S[C@H]3[C@@H]4C[C@H]([C@H]5C(=O)N(CC(=O)O)C(=O)[C@H]45)[C@@H]23)cc1. The van der Waals surface area contributed by atoms with E-state index in [4.69, 9.17) is 17.0 Å². The fourth-order valence-corrected chi connectivity index (χ4v) is 10.2. The lowest BCUT2D eigenvalue weighted by atomic mass is 9.68. The summed E-state index contributed by atoms with van der Waals surface area (Å²) < 4.78 is 8.24. The molecule has 1 saturated heterocycles. The Morgan fingerprint density at radius 2 is 1.85 bits per heavy atom. The summed E-state index contributed by atoms with van der Waals surface area (Å²) in [7, 11) is 3.63. The number of amides is 2. The number of methoxy groups -OCH3 is 1. The third-order valence-corrected chi connectivity index (χ3v) is 11.3. The van der Waals surface area contributed by atoms with Crippen molar-refractivity contribution in [1.82, 2.24) is 9.47 Å². The standard InChI is InChI=1S/C23H22N2O5S3/c1-24-22-19(33-23(24)31)14(9-3-5-10(30-2)6-4-9)15-11-7-12(18(15)32-22)17-16(11)20(28)25(21(17)29)8-13(26)27/h3-6,11-12,14-18H,7-8H2,1-2H3,(H,26,27)/t11-,12+,14-,15-,16+,17+,18-/m0/s1. The van der Waals surface area contributed by atoms with Crippen molar-refractivity contribution in [2.75, 3.05) is 13.7 Å². The van der Waals surface area contributed by atoms with Crippen LogP contribution < -0.4 is 4.74 Å². The van der Waals surface area contributed by atoms with E-state index in [0.717, 1.165) is 31.6 Å². The van der Waals surface area contributed by atoms with Gasteiger partial charge in [0.1, 0.15) is 12.3 Å². The monoisotopic (exact) mass is 502 g/mol. The summed E-state index contributed by atoms with van der Waals surface area (Å²) in [5.41, 5.74) is 1.16. The highest BCUT2D eigenvalue weighted by Crippen LogP contribution is 2.69. The second-order valence-electron chi connectivity index (χ2n) is 9.28. The number of hydrogen-bond acceptors (Lipinski definition) is 7. The zero-order valence-corrected chi connectivity index (χ0v) is 20.4. The molecule has 172 valence electrons. The molecule has 3 fully saturated rings. The number of carbonyl (C=O) groups excluding carboxylic acids is 2. The molecular weight excluding hydrogens is 480 g/mol. The first kappa shape index (κ1) is 21.4. The number of rotatable bonds is 4. The van der Waals surface area contributed by atoms with Crippen molar-refractivity contribution in [3.8, 4) is 5.75 Å². The highest BCUT2D eigenvalue weighted by atomic mass is 32.2. The summed E-state index contributed by atoms with van der Waals surface area (Å²) in [6.45, 7) is -0.546. The maximum Gasteiger partial charge on any atom is 0.323 e. The lowest BCUT2D eigenvalue weighted by Crippen LogP contribution is -2.43. The van der Waals surface area contributed by atoms with Gasteiger partial charge in [-0.2, -0.15) is 0 Å². The molecule has 1 aromatic heterocycles. The number of aliphatic carboxylic acids is 1. The number of nitrogens with zero attached hydrogens (tertiary/aromatic N) is 2. The number of ether oxygens (including phenoxy) is 1. The number of thiazole rings is 1. The summed E-state index contributed by atoms with van der Waals surface area (Å²) in [6, 6.07) is 8.10. The first-order valence-corrected chi connectivity index (χ1v) is 13.0. The minimum absolute atomic E-state index is 0.0500. The predicted octanol–water partition coefficient (Wildman–Crippen LogP) is 3.38. The molecule has 2 bridgehead atoms. The van der Waals surface area contributed by atoms with E-state index in [0.29, 0.717) is 0 Å². The summed E-state index contributed by atoms with van der Waals surface area (Å²) in [5, 5.41) is 10.6. The van der Waals surface area contributed by atoms with Crippen molar-refractivity contribution in [3.63, 3.8) is 0 Å². The first-order chi connectivity index (χ1) is 15.8. The van der Waals surface area contributed by atoms with Gasteiger partial charge in [-0.15, -0.1) is 23.1 Å². The number of hydrogen-bond donors (Lipinski definition) is 1. The van der Waals surface area contributed by atoms with E-state index in [2.05, 4.69) is 16.7 Å². The van der Waals surface area contributed by atoms with E-state index < -0.39 is 24.3 Å². The Labute approximate surface area is 203 Å². The lowest BCUT2D eigenvalue weighted by molar-refractivity contribution is -0.149. The zero-order valence-electron chi connectivity index (χ0n) is 18.0. The molecule has 1 N–H and O–H groups in total. The van der Waals surface area contributed by atoms with E-state index >= 15 is 0 Å². The van der Waals surface area contributed by atoms with E-state index in [-0.39, 0.29) is 40.7 Å². The van der Waals surface area contributed by atoms with Gasteiger partial charge in [-0.25, -0.2) is 0 Å². The number of imide groups is 1. The van der Waals surface area contributed by atoms with Gasteiger partial charge in [0.25, 0.3) is 0 Å². The van der Waals surface area contributed by atoms with Gasteiger partial charge in [-0.1, -0.05) is 12.1 Å². The van der Waals surface area contributed by atoms with Crippen molar-refractivity contribution in [3.05, 3.63) is 38.7 Å². The minimum atomic E-state index is -1.15. The molecule has 2 amide bonds. The van der Waals surface area contributed by atoms with Crippen LogP contribution in [0.15, 0.2) is 29.3 Å². The van der Waals surface area contributed by atoms with Crippen molar-refractivity contribution in [2.45, 2.75) is 22.6 Å². The van der Waals surface area contributed by atoms with Crippen LogP contribution >= 0.6 is 35.3 Å². The number of carbonyl (C=O) groups is 3. The molecule has 10 heteroatoms. The fourth-order valence-electron chi connectivity index (χ4n) is 6.72. The third kappa shape index (κ3) is 2.86. The Hall–Kier alpha value is -2.17. The van der Waals surface area contributed by atoms with Gasteiger partial charge in [0.2, 0.25) is 11.8 Å². The topological polar surface area (TPSA) is 88.8 Å². The molecule has 6 rings (SSSR count). The summed E-state index contributed by atoms with van der Waals surface area (Å²) in [5.74, 6) is -1.40. The van der Waals surface area contributed by atoms with Crippen LogP contribution in [0.1, 0.15) is 22.8 Å². The average molecular weight is 503 g/mol. The molecular formula is C23H22N2O5S3. The number of benzene rings is 1. The van der Waals surface area contributed by atoms with Crippen LogP contribution in [-0.2, 0) is 21.4 Å². The Kier molecular flexibility index (Phi) is 4.80. The lowest BCUT2D eigenvalue weighted by Gasteiger charge is -2.43. The van der Waals surface area contributed by atoms with Gasteiger partial charge in [0.15, 0.2) is 3.95 Å². The first-order valence-electron chi connectivity index (χ1n) is 10.9. The molecule has 33 heavy (non-hydrogen) atoms. The smallest absolute Gasteiger partial charge is 0.323 e. The molecule has 2 aromatic rings. The van der Waals surface area contributed by atoms with Crippen molar-refractivity contribution in [1.29, 1.82) is 0 Å². The van der Waals surface area contributed by atoms with Crippen molar-refractivity contribution >= 4 is 53.1 Å². The number of carboxylic acids is 1. The Morgan fingerprint density at radius 1 is 1.18 bits per heavy atom. The molecule has 2 aliphatic carbocycles. The maximum absolute atomic E-state index is 13.2. The Balaban J connectivity index is 1.46. The van der Waals surface area contributed by atoms with Gasteiger partial charge in [-0.05, 0) is 54.1 Å². The van der Waals surface area contributed by atoms with Gasteiger partial charge in [0, 0.05) is 23.1 Å². The van der Waals surface area contributed by atoms with Crippen LogP contribution in [0.25, 0.3) is 0 Å². The van der Waals surface area contributed by atoms with Crippen LogP contribution in [0.3, 0.4) is 0 Å². The second-order valence-corrected chi connectivity index (χ2v) is 12.1. The highest BCUT2D eigenvalue weighted by Gasteiger charge is 2.69.